The van der Waals surface area contributed by atoms with Crippen molar-refractivity contribution in [3.8, 4) is 0 Å². The maximum atomic E-state index is 12.6. The van der Waals surface area contributed by atoms with Crippen LogP contribution in [0.1, 0.15) is 5.56 Å². The van der Waals surface area contributed by atoms with Crippen molar-refractivity contribution in [3.63, 3.8) is 0 Å². The van der Waals surface area contributed by atoms with E-state index in [1.807, 2.05) is 30.3 Å². The Morgan fingerprint density at radius 2 is 0.935 bits per heavy atom. The highest BCUT2D eigenvalue weighted by Gasteiger charge is 2.46. The van der Waals surface area contributed by atoms with Crippen LogP contribution >= 0.6 is 7.26 Å². The third kappa shape index (κ3) is 4.75. The van der Waals surface area contributed by atoms with E-state index in [9.17, 15) is 8.42 Å². The van der Waals surface area contributed by atoms with Gasteiger partial charge in [-0.1, -0.05) is 72.8 Å². The molecule has 31 heavy (non-hydrogen) atoms. The Bertz CT molecular complexity index is 1130. The van der Waals surface area contributed by atoms with Crippen LogP contribution in [0, 0.1) is 0 Å². The topological polar surface area (TPSA) is 34.1 Å². The summed E-state index contributed by atoms with van der Waals surface area (Å²) >= 11 is 0. The summed E-state index contributed by atoms with van der Waals surface area (Å²) in [6, 6.07) is 39.0. The summed E-state index contributed by atoms with van der Waals surface area (Å²) in [6.45, 7) is 0. The number of hydrogen-bond donors (Lipinski definition) is 0. The second-order valence-electron chi connectivity index (χ2n) is 7.35. The normalized spacial score (nSPS) is 11.5. The van der Waals surface area contributed by atoms with Gasteiger partial charge in [0.1, 0.15) is 23.2 Å². The molecule has 5 heteroatoms. The predicted molar refractivity (Wildman–Crippen MR) is 128 cm³/mol. The summed E-state index contributed by atoms with van der Waals surface area (Å²) in [5.41, 5.74) is 0.866. The van der Waals surface area contributed by atoms with Gasteiger partial charge in [0.05, 0.1) is 11.1 Å². The summed E-state index contributed by atoms with van der Waals surface area (Å²) in [5.74, 6) is 0. The summed E-state index contributed by atoms with van der Waals surface area (Å²) in [7, 11) is -5.47. The molecular formula is C26H24ClO2PS. The lowest BCUT2D eigenvalue weighted by Crippen LogP contribution is -3.00. The Balaban J connectivity index is 0.00000272. The van der Waals surface area contributed by atoms with Crippen LogP contribution in [0.2, 0.25) is 0 Å². The first-order valence-electron chi connectivity index (χ1n) is 9.85. The van der Waals surface area contributed by atoms with E-state index in [0.29, 0.717) is 11.1 Å². The molecule has 0 unspecified atom stereocenters. The fraction of sp³-hybridized carbons (Fsp3) is 0.0769. The minimum absolute atomic E-state index is 0. The average molecular weight is 467 g/mol. The second-order valence-corrected chi connectivity index (χ2v) is 12.8. The standard InChI is InChI=1S/C26H24O2PS.ClH/c1-30(27,28)26-20-12-11-13-22(26)21-29(23-14-5-2-6-15-23,24-16-7-3-8-17-24)25-18-9-4-10-19-25;/h2-20H,21H2,1H3;1H/q+1;/p-1. The van der Waals surface area contributed by atoms with Gasteiger partial charge in [0, 0.05) is 11.8 Å². The van der Waals surface area contributed by atoms with Gasteiger partial charge in [-0.3, -0.25) is 0 Å². The van der Waals surface area contributed by atoms with Gasteiger partial charge in [-0.05, 0) is 42.5 Å². The van der Waals surface area contributed by atoms with Gasteiger partial charge in [-0.25, -0.2) is 8.42 Å². The lowest BCUT2D eigenvalue weighted by molar-refractivity contribution is -0.00000839. The van der Waals surface area contributed by atoms with Gasteiger partial charge in [-0.15, -0.1) is 0 Å². The van der Waals surface area contributed by atoms with Gasteiger partial charge in [0.2, 0.25) is 0 Å². The molecule has 0 saturated carbocycles. The van der Waals surface area contributed by atoms with E-state index in [2.05, 4.69) is 72.8 Å². The number of halogens is 1. The molecular weight excluding hydrogens is 443 g/mol. The van der Waals surface area contributed by atoms with Gasteiger partial charge in [0.15, 0.2) is 9.84 Å². The molecule has 4 aromatic rings. The Labute approximate surface area is 191 Å². The minimum Gasteiger partial charge on any atom is -1.00 e. The fourth-order valence-corrected chi connectivity index (χ4v) is 9.34. The molecule has 0 spiro atoms. The number of rotatable bonds is 6. The maximum Gasteiger partial charge on any atom is 0.175 e. The monoisotopic (exact) mass is 466 g/mol. The van der Waals surface area contributed by atoms with Crippen LogP contribution < -0.4 is 28.3 Å². The highest BCUT2D eigenvalue weighted by Crippen LogP contribution is 2.58. The Morgan fingerprint density at radius 3 is 1.32 bits per heavy atom. The fourth-order valence-electron chi connectivity index (χ4n) is 4.02. The minimum atomic E-state index is -3.33. The first-order valence-corrected chi connectivity index (χ1v) is 13.7. The van der Waals surface area contributed by atoms with Crippen molar-refractivity contribution >= 4 is 33.0 Å². The van der Waals surface area contributed by atoms with Gasteiger partial charge < -0.3 is 12.4 Å². The van der Waals surface area contributed by atoms with Crippen LogP contribution in [-0.2, 0) is 16.0 Å². The molecule has 0 aliphatic rings. The predicted octanol–water partition coefficient (Wildman–Crippen LogP) is 1.59. The van der Waals surface area contributed by atoms with Gasteiger partial charge in [0.25, 0.3) is 0 Å². The van der Waals surface area contributed by atoms with Crippen molar-refractivity contribution in [2.24, 2.45) is 0 Å². The van der Waals surface area contributed by atoms with E-state index in [1.54, 1.807) is 12.1 Å². The molecule has 0 fully saturated rings. The molecule has 0 bridgehead atoms. The number of hydrogen-bond acceptors (Lipinski definition) is 2. The SMILES string of the molecule is CS(=O)(=O)c1ccccc1C[P+](c1ccccc1)(c1ccccc1)c1ccccc1.[Cl-]. The quantitative estimate of drug-likeness (QED) is 0.404. The highest BCUT2D eigenvalue weighted by molar-refractivity contribution is 7.95. The maximum absolute atomic E-state index is 12.6. The van der Waals surface area contributed by atoms with Gasteiger partial charge in [-0.2, -0.15) is 0 Å². The second kappa shape index (κ2) is 9.78. The molecule has 0 aromatic heterocycles. The lowest BCUT2D eigenvalue weighted by Gasteiger charge is -2.28. The Hall–Kier alpha value is -2.45. The van der Waals surface area contributed by atoms with Crippen LogP contribution in [0.25, 0.3) is 0 Å². The number of sulfone groups is 1. The third-order valence-corrected chi connectivity index (χ3v) is 10.9. The van der Waals surface area contributed by atoms with Crippen molar-refractivity contribution in [1.82, 2.24) is 0 Å². The van der Waals surface area contributed by atoms with Crippen molar-refractivity contribution in [3.05, 3.63) is 121 Å². The van der Waals surface area contributed by atoms with Crippen LogP contribution in [-0.4, -0.2) is 14.7 Å². The smallest absolute Gasteiger partial charge is 0.175 e. The first-order chi connectivity index (χ1) is 14.5. The number of benzene rings is 4. The van der Waals surface area contributed by atoms with Crippen LogP contribution in [0.15, 0.2) is 120 Å². The van der Waals surface area contributed by atoms with E-state index < -0.39 is 17.1 Å². The van der Waals surface area contributed by atoms with E-state index in [0.717, 1.165) is 5.56 Å². The van der Waals surface area contributed by atoms with Crippen molar-refractivity contribution in [1.29, 1.82) is 0 Å². The molecule has 0 aliphatic heterocycles. The van der Waals surface area contributed by atoms with Crippen molar-refractivity contribution in [2.45, 2.75) is 11.1 Å². The Morgan fingerprint density at radius 1 is 0.581 bits per heavy atom. The summed E-state index contributed by atoms with van der Waals surface area (Å²) in [4.78, 5) is 0.414. The molecule has 0 heterocycles. The van der Waals surface area contributed by atoms with Crippen LogP contribution in [0.5, 0.6) is 0 Å². The molecule has 0 aliphatic carbocycles. The molecule has 0 N–H and O–H groups in total. The van der Waals surface area contributed by atoms with E-state index >= 15 is 0 Å². The van der Waals surface area contributed by atoms with Crippen molar-refractivity contribution in [2.75, 3.05) is 6.26 Å². The summed E-state index contributed by atoms with van der Waals surface area (Å²) in [6.07, 6.45) is 1.94. The largest absolute Gasteiger partial charge is 1.00 e. The zero-order valence-electron chi connectivity index (χ0n) is 17.2. The molecule has 0 saturated heterocycles. The van der Waals surface area contributed by atoms with E-state index in [-0.39, 0.29) is 12.4 Å². The van der Waals surface area contributed by atoms with E-state index in [4.69, 9.17) is 0 Å². The zero-order valence-corrected chi connectivity index (χ0v) is 19.7. The lowest BCUT2D eigenvalue weighted by atomic mass is 10.2. The van der Waals surface area contributed by atoms with Gasteiger partial charge >= 0.3 is 0 Å². The molecule has 158 valence electrons. The molecule has 4 rings (SSSR count). The van der Waals surface area contributed by atoms with Crippen molar-refractivity contribution < 1.29 is 20.8 Å². The molecule has 0 radical (unpaired) electrons. The molecule has 0 amide bonds. The van der Waals surface area contributed by atoms with Crippen LogP contribution in [0.4, 0.5) is 0 Å². The summed E-state index contributed by atoms with van der Waals surface area (Å²) < 4.78 is 25.1. The first kappa shape index (κ1) is 23.2. The van der Waals surface area contributed by atoms with Crippen LogP contribution in [0.3, 0.4) is 0 Å². The average Bonchev–Trinajstić information content (AvgIpc) is 2.79. The highest BCUT2D eigenvalue weighted by atomic mass is 35.5. The summed E-state index contributed by atoms with van der Waals surface area (Å²) in [5, 5.41) is 3.72. The molecule has 2 nitrogen and oxygen atoms in total. The zero-order chi connectivity index (χ0) is 21.0. The molecule has 4 aromatic carbocycles. The van der Waals surface area contributed by atoms with E-state index in [1.165, 1.54) is 22.2 Å². The third-order valence-electron chi connectivity index (χ3n) is 5.37. The molecule has 0 atom stereocenters. The Kier molecular flexibility index (Phi) is 7.33.